The van der Waals surface area contributed by atoms with E-state index < -0.39 is 0 Å². The van der Waals surface area contributed by atoms with Gasteiger partial charge in [-0.05, 0) is 47.0 Å². The molecule has 0 saturated carbocycles. The van der Waals surface area contributed by atoms with Crippen molar-refractivity contribution in [2.45, 2.75) is 58.4 Å². The largest absolute Gasteiger partial charge is 0.314 e. The number of hydrogen-bond donors (Lipinski definition) is 1. The molecule has 2 heteroatoms. The van der Waals surface area contributed by atoms with E-state index in [9.17, 15) is 0 Å². The van der Waals surface area contributed by atoms with Gasteiger partial charge in [0.15, 0.2) is 0 Å². The van der Waals surface area contributed by atoms with Gasteiger partial charge < -0.3 is 10.2 Å². The Bertz CT molecular complexity index is 124. The van der Waals surface area contributed by atoms with E-state index in [-0.39, 0.29) is 0 Å². The molecular formula is C13H30N2. The van der Waals surface area contributed by atoms with E-state index in [0.29, 0.717) is 6.04 Å². The van der Waals surface area contributed by atoms with Crippen molar-refractivity contribution in [2.75, 3.05) is 27.2 Å². The fourth-order valence-electron chi connectivity index (χ4n) is 1.63. The highest BCUT2D eigenvalue weighted by atomic mass is 15.1. The van der Waals surface area contributed by atoms with E-state index in [4.69, 9.17) is 0 Å². The summed E-state index contributed by atoms with van der Waals surface area (Å²) in [5.41, 5.74) is 0. The van der Waals surface area contributed by atoms with Crippen LogP contribution in [0, 0.1) is 0 Å². The molecule has 0 radical (unpaired) electrons. The molecule has 2 nitrogen and oxygen atoms in total. The highest BCUT2D eigenvalue weighted by molar-refractivity contribution is 4.62. The van der Waals surface area contributed by atoms with Crippen LogP contribution in [0.3, 0.4) is 0 Å². The molecule has 1 N–H and O–H groups in total. The van der Waals surface area contributed by atoms with Crippen LogP contribution in [0.5, 0.6) is 0 Å². The average Bonchev–Trinajstić information content (AvgIpc) is 2.20. The van der Waals surface area contributed by atoms with E-state index in [1.54, 1.807) is 0 Å². The summed E-state index contributed by atoms with van der Waals surface area (Å²) in [6.45, 7) is 6.93. The van der Waals surface area contributed by atoms with Gasteiger partial charge in [0.05, 0.1) is 0 Å². The maximum Gasteiger partial charge on any atom is 0.00508 e. The predicted molar refractivity (Wildman–Crippen MR) is 69.4 cm³/mol. The van der Waals surface area contributed by atoms with Crippen molar-refractivity contribution in [2.24, 2.45) is 0 Å². The lowest BCUT2D eigenvalue weighted by Gasteiger charge is -2.16. The maximum absolute atomic E-state index is 3.59. The third kappa shape index (κ3) is 11.8. The van der Waals surface area contributed by atoms with Crippen LogP contribution in [0.25, 0.3) is 0 Å². The van der Waals surface area contributed by atoms with Gasteiger partial charge in [-0.3, -0.25) is 0 Å². The minimum atomic E-state index is 0.665. The third-order valence-corrected chi connectivity index (χ3v) is 2.78. The molecule has 0 aromatic carbocycles. The maximum atomic E-state index is 3.59. The summed E-state index contributed by atoms with van der Waals surface area (Å²) >= 11 is 0. The molecule has 0 bridgehead atoms. The zero-order valence-corrected chi connectivity index (χ0v) is 11.2. The molecule has 0 saturated heterocycles. The fourth-order valence-corrected chi connectivity index (χ4v) is 1.63. The number of hydrogen-bond acceptors (Lipinski definition) is 2. The van der Waals surface area contributed by atoms with Gasteiger partial charge in [0, 0.05) is 6.04 Å². The first-order valence-electron chi connectivity index (χ1n) is 6.55. The third-order valence-electron chi connectivity index (χ3n) is 2.78. The van der Waals surface area contributed by atoms with Crippen molar-refractivity contribution in [1.29, 1.82) is 0 Å². The Balaban J connectivity index is 3.13. The molecule has 0 heterocycles. The van der Waals surface area contributed by atoms with E-state index in [1.807, 2.05) is 0 Å². The van der Waals surface area contributed by atoms with Gasteiger partial charge in [0.1, 0.15) is 0 Å². The quantitative estimate of drug-likeness (QED) is 0.563. The summed E-state index contributed by atoms with van der Waals surface area (Å²) in [6, 6.07) is 0.665. The Morgan fingerprint density at radius 2 is 1.73 bits per heavy atom. The summed E-state index contributed by atoms with van der Waals surface area (Å²) in [5.74, 6) is 0. The zero-order valence-electron chi connectivity index (χ0n) is 11.2. The summed E-state index contributed by atoms with van der Waals surface area (Å²) < 4.78 is 0. The highest BCUT2D eigenvalue weighted by Gasteiger charge is 2.00. The van der Waals surface area contributed by atoms with Crippen molar-refractivity contribution in [1.82, 2.24) is 10.2 Å². The summed E-state index contributed by atoms with van der Waals surface area (Å²) in [7, 11) is 4.27. The molecule has 0 aliphatic heterocycles. The van der Waals surface area contributed by atoms with Gasteiger partial charge in [0.25, 0.3) is 0 Å². The Kier molecular flexibility index (Phi) is 10.4. The molecule has 0 amide bonds. The van der Waals surface area contributed by atoms with Gasteiger partial charge in [-0.25, -0.2) is 0 Å². The number of unbranched alkanes of at least 4 members (excludes halogenated alkanes) is 4. The van der Waals surface area contributed by atoms with Crippen molar-refractivity contribution in [3.05, 3.63) is 0 Å². The first kappa shape index (κ1) is 14.9. The monoisotopic (exact) mass is 214 g/mol. The van der Waals surface area contributed by atoms with E-state index in [1.165, 1.54) is 51.6 Å². The number of nitrogens with zero attached hydrogens (tertiary/aromatic N) is 1. The van der Waals surface area contributed by atoms with Crippen molar-refractivity contribution < 1.29 is 0 Å². The first-order valence-corrected chi connectivity index (χ1v) is 6.55. The van der Waals surface area contributed by atoms with Gasteiger partial charge in [-0.2, -0.15) is 0 Å². The van der Waals surface area contributed by atoms with E-state index in [2.05, 4.69) is 38.2 Å². The smallest absolute Gasteiger partial charge is 0.00508 e. The van der Waals surface area contributed by atoms with Gasteiger partial charge in [-0.1, -0.05) is 32.6 Å². The topological polar surface area (TPSA) is 15.3 Å². The fraction of sp³-hybridized carbons (Fsp3) is 1.00. The zero-order chi connectivity index (χ0) is 11.5. The van der Waals surface area contributed by atoms with Crippen molar-refractivity contribution in [3.8, 4) is 0 Å². The lowest BCUT2D eigenvalue weighted by molar-refractivity contribution is 0.365. The first-order chi connectivity index (χ1) is 7.16. The molecule has 1 unspecified atom stereocenters. The number of rotatable bonds is 10. The molecule has 1 atom stereocenters. The molecular weight excluding hydrogens is 184 g/mol. The van der Waals surface area contributed by atoms with Gasteiger partial charge in [0.2, 0.25) is 0 Å². The van der Waals surface area contributed by atoms with E-state index in [0.717, 1.165) is 0 Å². The lowest BCUT2D eigenvalue weighted by atomic mass is 10.1. The van der Waals surface area contributed by atoms with Crippen LogP contribution in [-0.2, 0) is 0 Å². The summed E-state index contributed by atoms with van der Waals surface area (Å²) in [5, 5.41) is 3.59. The Morgan fingerprint density at radius 3 is 2.33 bits per heavy atom. The van der Waals surface area contributed by atoms with Crippen LogP contribution in [0.2, 0.25) is 0 Å². The molecule has 0 aromatic rings. The van der Waals surface area contributed by atoms with Crippen molar-refractivity contribution in [3.63, 3.8) is 0 Å². The highest BCUT2D eigenvalue weighted by Crippen LogP contribution is 2.01. The summed E-state index contributed by atoms with van der Waals surface area (Å²) in [6.07, 6.45) is 8.13. The predicted octanol–water partition coefficient (Wildman–Crippen LogP) is 2.89. The molecule has 0 spiro atoms. The van der Waals surface area contributed by atoms with Gasteiger partial charge in [-0.15, -0.1) is 0 Å². The molecule has 92 valence electrons. The van der Waals surface area contributed by atoms with E-state index >= 15 is 0 Å². The molecule has 0 rings (SSSR count). The Hall–Kier alpha value is -0.0800. The molecule has 0 aliphatic rings. The SMILES string of the molecule is CCCCCCCNC(C)CCN(C)C. The Labute approximate surface area is 96.4 Å². The second-order valence-corrected chi connectivity index (χ2v) is 4.86. The van der Waals surface area contributed by atoms with Gasteiger partial charge >= 0.3 is 0 Å². The van der Waals surface area contributed by atoms with Crippen LogP contribution in [0.1, 0.15) is 52.4 Å². The average molecular weight is 214 g/mol. The minimum absolute atomic E-state index is 0.665. The van der Waals surface area contributed by atoms with Crippen LogP contribution >= 0.6 is 0 Å². The molecule has 0 fully saturated rings. The molecule has 0 aromatic heterocycles. The van der Waals surface area contributed by atoms with Crippen LogP contribution in [0.4, 0.5) is 0 Å². The number of nitrogens with one attached hydrogen (secondary N) is 1. The normalized spacial score (nSPS) is 13.4. The standard InChI is InChI=1S/C13H30N2/c1-5-6-7-8-9-11-14-13(2)10-12-15(3)4/h13-14H,5-12H2,1-4H3. The second kappa shape index (κ2) is 10.4. The minimum Gasteiger partial charge on any atom is -0.314 e. The van der Waals surface area contributed by atoms with Crippen LogP contribution in [0.15, 0.2) is 0 Å². The van der Waals surface area contributed by atoms with Crippen LogP contribution < -0.4 is 5.32 Å². The molecule has 15 heavy (non-hydrogen) atoms. The summed E-state index contributed by atoms with van der Waals surface area (Å²) in [4.78, 5) is 2.25. The Morgan fingerprint density at radius 1 is 1.07 bits per heavy atom. The lowest BCUT2D eigenvalue weighted by Crippen LogP contribution is -2.30. The van der Waals surface area contributed by atoms with Crippen molar-refractivity contribution >= 4 is 0 Å². The van der Waals surface area contributed by atoms with Crippen LogP contribution in [-0.4, -0.2) is 38.1 Å². The second-order valence-electron chi connectivity index (χ2n) is 4.86. The molecule has 0 aliphatic carbocycles.